The molecule has 0 bridgehead atoms. The van der Waals surface area contributed by atoms with Crippen LogP contribution >= 0.6 is 0 Å². The third kappa shape index (κ3) is 2.83. The van der Waals surface area contributed by atoms with Crippen molar-refractivity contribution in [3.8, 4) is 22.8 Å². The van der Waals surface area contributed by atoms with Crippen LogP contribution in [0.4, 0.5) is 13.2 Å². The van der Waals surface area contributed by atoms with E-state index in [4.69, 9.17) is 14.6 Å². The van der Waals surface area contributed by atoms with Crippen molar-refractivity contribution in [1.82, 2.24) is 5.16 Å². The summed E-state index contributed by atoms with van der Waals surface area (Å²) in [6.07, 6.45) is -4.69. The molecule has 22 heavy (non-hydrogen) atoms. The first kappa shape index (κ1) is 15.7. The number of halogens is 3. The average molecular weight is 317 g/mol. The number of hydrogen-bond donors (Lipinski definition) is 1. The molecule has 0 unspecified atom stereocenters. The third-order valence-electron chi connectivity index (χ3n) is 2.80. The van der Waals surface area contributed by atoms with E-state index in [-0.39, 0.29) is 17.0 Å². The Morgan fingerprint density at radius 1 is 1.23 bits per heavy atom. The van der Waals surface area contributed by atoms with E-state index in [0.717, 1.165) is 19.2 Å². The Balaban J connectivity index is 2.64. The van der Waals surface area contributed by atoms with Gasteiger partial charge in [-0.25, -0.2) is 4.79 Å². The first-order valence-corrected chi connectivity index (χ1v) is 5.81. The molecule has 1 N–H and O–H groups in total. The normalized spacial score (nSPS) is 11.3. The van der Waals surface area contributed by atoms with Crippen molar-refractivity contribution >= 4 is 5.97 Å². The van der Waals surface area contributed by atoms with Gasteiger partial charge >= 0.3 is 12.1 Å². The van der Waals surface area contributed by atoms with Gasteiger partial charge in [0.25, 0.3) is 0 Å². The maximum atomic E-state index is 13.1. The molecular weight excluding hydrogens is 307 g/mol. The van der Waals surface area contributed by atoms with E-state index >= 15 is 0 Å². The topological polar surface area (TPSA) is 81.8 Å². The van der Waals surface area contributed by atoms with E-state index in [1.807, 2.05) is 0 Å². The summed E-state index contributed by atoms with van der Waals surface area (Å²) in [5.74, 6) is -2.50. The highest BCUT2D eigenvalue weighted by molar-refractivity contribution is 5.85. The molecule has 0 aliphatic heterocycles. The van der Waals surface area contributed by atoms with Crippen molar-refractivity contribution in [3.05, 3.63) is 29.5 Å². The monoisotopic (exact) mass is 317 g/mol. The maximum absolute atomic E-state index is 13.1. The molecule has 0 saturated heterocycles. The Bertz CT molecular complexity index is 708. The fraction of sp³-hybridized carbons (Fsp3) is 0.231. The summed E-state index contributed by atoms with van der Waals surface area (Å²) in [7, 11) is 2.28. The molecule has 0 saturated carbocycles. The molecule has 0 radical (unpaired) electrons. The number of aromatic carboxylic acids is 1. The maximum Gasteiger partial charge on any atom is 0.420 e. The number of carboxylic acid groups (broad SMARTS) is 1. The molecular formula is C13H10F3NO5. The highest BCUT2D eigenvalue weighted by atomic mass is 19.4. The zero-order valence-electron chi connectivity index (χ0n) is 11.4. The molecule has 0 amide bonds. The number of alkyl halides is 3. The lowest BCUT2D eigenvalue weighted by Gasteiger charge is -2.16. The van der Waals surface area contributed by atoms with E-state index in [1.165, 1.54) is 13.2 Å². The second kappa shape index (κ2) is 5.58. The number of carbonyl (C=O) groups is 1. The molecule has 1 aromatic heterocycles. The van der Waals surface area contributed by atoms with Crippen LogP contribution in [0.2, 0.25) is 0 Å². The highest BCUT2D eigenvalue weighted by Crippen LogP contribution is 2.44. The first-order chi connectivity index (χ1) is 10.3. The number of aromatic nitrogens is 1. The lowest BCUT2D eigenvalue weighted by atomic mass is 10.1. The predicted octanol–water partition coefficient (Wildman–Crippen LogP) is 3.08. The van der Waals surface area contributed by atoms with Crippen LogP contribution < -0.4 is 9.47 Å². The summed E-state index contributed by atoms with van der Waals surface area (Å²) in [6.45, 7) is 0. The number of carboxylic acids is 1. The number of benzene rings is 1. The van der Waals surface area contributed by atoms with Gasteiger partial charge in [0.2, 0.25) is 5.76 Å². The zero-order valence-corrected chi connectivity index (χ0v) is 11.4. The van der Waals surface area contributed by atoms with Crippen LogP contribution in [0.25, 0.3) is 11.3 Å². The first-order valence-electron chi connectivity index (χ1n) is 5.81. The second-order valence-corrected chi connectivity index (χ2v) is 4.14. The standard InChI is InChI=1S/C13H10F3NO5/c1-20-9-4-6(8-5-10(12(18)19)22-17-8)3-7(11(9)21-2)13(14,15)16/h3-5H,1-2H3,(H,18,19). The van der Waals surface area contributed by atoms with Crippen LogP contribution in [0.1, 0.15) is 16.1 Å². The zero-order chi connectivity index (χ0) is 16.5. The number of hydrogen-bond acceptors (Lipinski definition) is 5. The van der Waals surface area contributed by atoms with Crippen molar-refractivity contribution < 1.29 is 37.1 Å². The minimum absolute atomic E-state index is 0.0128. The van der Waals surface area contributed by atoms with E-state index < -0.39 is 29.2 Å². The van der Waals surface area contributed by atoms with Crippen LogP contribution in [0, 0.1) is 0 Å². The van der Waals surface area contributed by atoms with E-state index in [1.54, 1.807) is 0 Å². The molecule has 0 atom stereocenters. The quantitative estimate of drug-likeness (QED) is 0.933. The van der Waals surface area contributed by atoms with Gasteiger partial charge in [-0.1, -0.05) is 5.16 Å². The summed E-state index contributed by atoms with van der Waals surface area (Å²) < 4.78 is 53.5. The molecule has 1 heterocycles. The van der Waals surface area contributed by atoms with Crippen molar-refractivity contribution in [2.45, 2.75) is 6.18 Å². The fourth-order valence-corrected chi connectivity index (χ4v) is 1.83. The Morgan fingerprint density at radius 2 is 1.91 bits per heavy atom. The Kier molecular flexibility index (Phi) is 3.98. The molecule has 0 aliphatic rings. The van der Waals surface area contributed by atoms with Crippen molar-refractivity contribution in [2.75, 3.05) is 14.2 Å². The Labute approximate surface area is 122 Å². The predicted molar refractivity (Wildman–Crippen MR) is 67.0 cm³/mol. The van der Waals surface area contributed by atoms with Crippen LogP contribution in [0.15, 0.2) is 22.7 Å². The van der Waals surface area contributed by atoms with Crippen LogP contribution in [-0.4, -0.2) is 30.5 Å². The van der Waals surface area contributed by atoms with Gasteiger partial charge in [0, 0.05) is 11.6 Å². The number of nitrogens with zero attached hydrogens (tertiary/aromatic N) is 1. The lowest BCUT2D eigenvalue weighted by Crippen LogP contribution is -2.09. The van der Waals surface area contributed by atoms with Gasteiger partial charge in [0.1, 0.15) is 11.3 Å². The molecule has 0 aliphatic carbocycles. The summed E-state index contributed by atoms with van der Waals surface area (Å²) in [6, 6.07) is 3.05. The van der Waals surface area contributed by atoms with Crippen LogP contribution in [0.3, 0.4) is 0 Å². The highest BCUT2D eigenvalue weighted by Gasteiger charge is 2.36. The number of methoxy groups -OCH3 is 2. The van der Waals surface area contributed by atoms with Gasteiger partial charge in [-0.05, 0) is 12.1 Å². The van der Waals surface area contributed by atoms with E-state index in [9.17, 15) is 18.0 Å². The van der Waals surface area contributed by atoms with Gasteiger partial charge in [0.05, 0.1) is 14.2 Å². The van der Waals surface area contributed by atoms with Gasteiger partial charge in [-0.15, -0.1) is 0 Å². The molecule has 1 aromatic carbocycles. The number of ether oxygens (including phenoxy) is 2. The van der Waals surface area contributed by atoms with Crippen molar-refractivity contribution in [1.29, 1.82) is 0 Å². The molecule has 0 fully saturated rings. The largest absolute Gasteiger partial charge is 0.493 e. The average Bonchev–Trinajstić information content (AvgIpc) is 2.94. The van der Waals surface area contributed by atoms with Crippen LogP contribution in [0.5, 0.6) is 11.5 Å². The smallest absolute Gasteiger partial charge is 0.420 e. The van der Waals surface area contributed by atoms with E-state index in [0.29, 0.717) is 0 Å². The van der Waals surface area contributed by atoms with E-state index in [2.05, 4.69) is 9.68 Å². The Morgan fingerprint density at radius 3 is 2.36 bits per heavy atom. The third-order valence-corrected chi connectivity index (χ3v) is 2.80. The molecule has 118 valence electrons. The fourth-order valence-electron chi connectivity index (χ4n) is 1.83. The second-order valence-electron chi connectivity index (χ2n) is 4.14. The number of rotatable bonds is 4. The van der Waals surface area contributed by atoms with Gasteiger partial charge in [0.15, 0.2) is 11.5 Å². The van der Waals surface area contributed by atoms with Gasteiger partial charge < -0.3 is 19.1 Å². The van der Waals surface area contributed by atoms with Gasteiger partial charge in [-0.2, -0.15) is 13.2 Å². The minimum Gasteiger partial charge on any atom is -0.493 e. The summed E-state index contributed by atoms with van der Waals surface area (Å²) in [5, 5.41) is 12.2. The Hall–Kier alpha value is -2.71. The molecule has 6 nitrogen and oxygen atoms in total. The van der Waals surface area contributed by atoms with Gasteiger partial charge in [-0.3, -0.25) is 0 Å². The lowest BCUT2D eigenvalue weighted by molar-refractivity contribution is -0.138. The summed E-state index contributed by atoms with van der Waals surface area (Å²) >= 11 is 0. The molecule has 9 heteroatoms. The SMILES string of the molecule is COc1cc(-c2cc(C(=O)O)on2)cc(C(F)(F)F)c1OC. The summed E-state index contributed by atoms with van der Waals surface area (Å²) in [4.78, 5) is 10.7. The van der Waals surface area contributed by atoms with Crippen molar-refractivity contribution in [2.24, 2.45) is 0 Å². The molecule has 0 spiro atoms. The molecule has 2 aromatic rings. The summed E-state index contributed by atoms with van der Waals surface area (Å²) in [5.41, 5.74) is -1.14. The van der Waals surface area contributed by atoms with Crippen LogP contribution in [-0.2, 0) is 6.18 Å². The molecule has 2 rings (SSSR count). The minimum atomic E-state index is -4.69. The van der Waals surface area contributed by atoms with Crippen molar-refractivity contribution in [3.63, 3.8) is 0 Å².